The predicted octanol–water partition coefficient (Wildman–Crippen LogP) is 6.49. The number of nitrogens with zero attached hydrogens (tertiary/aromatic N) is 2. The smallest absolute Gasteiger partial charge is 0.323 e. The molecule has 0 fully saturated rings. The van der Waals surface area contributed by atoms with Gasteiger partial charge in [0.2, 0.25) is 0 Å². The Kier molecular flexibility index (Phi) is 9.76. The lowest BCUT2D eigenvalue weighted by atomic mass is 10.0. The maximum atomic E-state index is 12.7. The summed E-state index contributed by atoms with van der Waals surface area (Å²) in [5.41, 5.74) is 8.84. The molecule has 1 atom stereocenters. The van der Waals surface area contributed by atoms with Crippen LogP contribution in [0.15, 0.2) is 48.7 Å². The van der Waals surface area contributed by atoms with Gasteiger partial charge in [-0.3, -0.25) is 4.79 Å². The standard InChI is InChI=1S/C28H35Cl2N5O2/c1-17(2)12-23(27(36)37-28(3,4)5)32-14-18-8-6-9-19(13-18)24-16-33-25(31)26(35-24)34-15-20-21(29)10-7-11-22(20)30/h6-11,13,16-17,23,32H,12,14-15H2,1-5H3,(H2,31,33)(H,34,35). The van der Waals surface area contributed by atoms with E-state index in [0.29, 0.717) is 47.0 Å². The fraction of sp³-hybridized carbons (Fsp3) is 0.393. The maximum Gasteiger partial charge on any atom is 0.323 e. The van der Waals surface area contributed by atoms with Crippen molar-refractivity contribution < 1.29 is 9.53 Å². The van der Waals surface area contributed by atoms with Crippen molar-refractivity contribution >= 4 is 40.8 Å². The van der Waals surface area contributed by atoms with Gasteiger partial charge in [0.25, 0.3) is 0 Å². The van der Waals surface area contributed by atoms with Gasteiger partial charge in [-0.1, -0.05) is 61.3 Å². The van der Waals surface area contributed by atoms with Crippen molar-refractivity contribution in [3.63, 3.8) is 0 Å². The summed E-state index contributed by atoms with van der Waals surface area (Å²) in [7, 11) is 0. The zero-order valence-electron chi connectivity index (χ0n) is 21.9. The Labute approximate surface area is 229 Å². The number of nitrogen functional groups attached to an aromatic ring is 1. The van der Waals surface area contributed by atoms with Gasteiger partial charge in [-0.05, 0) is 56.9 Å². The van der Waals surface area contributed by atoms with Gasteiger partial charge < -0.3 is 21.1 Å². The van der Waals surface area contributed by atoms with Gasteiger partial charge >= 0.3 is 5.97 Å². The first-order valence-corrected chi connectivity index (χ1v) is 13.0. The Balaban J connectivity index is 1.74. The molecule has 9 heteroatoms. The molecule has 1 unspecified atom stereocenters. The molecule has 0 spiro atoms. The molecule has 0 amide bonds. The van der Waals surface area contributed by atoms with E-state index >= 15 is 0 Å². The highest BCUT2D eigenvalue weighted by Crippen LogP contribution is 2.27. The first-order valence-electron chi connectivity index (χ1n) is 12.3. The predicted molar refractivity (Wildman–Crippen MR) is 152 cm³/mol. The second-order valence-electron chi connectivity index (χ2n) is 10.3. The molecule has 0 aliphatic heterocycles. The monoisotopic (exact) mass is 543 g/mol. The molecule has 0 aliphatic carbocycles. The van der Waals surface area contributed by atoms with Crippen molar-refractivity contribution in [1.29, 1.82) is 0 Å². The molecule has 7 nitrogen and oxygen atoms in total. The Hall–Kier alpha value is -2.87. The number of esters is 1. The van der Waals surface area contributed by atoms with E-state index in [0.717, 1.165) is 16.7 Å². The quantitative estimate of drug-likeness (QED) is 0.251. The summed E-state index contributed by atoms with van der Waals surface area (Å²) in [4.78, 5) is 21.7. The van der Waals surface area contributed by atoms with Crippen LogP contribution in [0.2, 0.25) is 10.0 Å². The Morgan fingerprint density at radius 1 is 1.08 bits per heavy atom. The fourth-order valence-electron chi connectivity index (χ4n) is 3.73. The van der Waals surface area contributed by atoms with Gasteiger partial charge in [0, 0.05) is 34.3 Å². The average Bonchev–Trinajstić information content (AvgIpc) is 2.81. The molecular weight excluding hydrogens is 509 g/mol. The highest BCUT2D eigenvalue weighted by atomic mass is 35.5. The third-order valence-corrected chi connectivity index (χ3v) is 6.18. The molecule has 0 aliphatic rings. The molecule has 2 aromatic carbocycles. The van der Waals surface area contributed by atoms with Crippen molar-refractivity contribution in [2.75, 3.05) is 11.1 Å². The number of nitrogens with two attached hydrogens (primary N) is 1. The number of anilines is 2. The molecule has 1 heterocycles. The fourth-order valence-corrected chi connectivity index (χ4v) is 4.26. The minimum Gasteiger partial charge on any atom is -0.459 e. The summed E-state index contributed by atoms with van der Waals surface area (Å²) in [5.74, 6) is 0.821. The van der Waals surface area contributed by atoms with E-state index < -0.39 is 11.6 Å². The van der Waals surface area contributed by atoms with E-state index in [9.17, 15) is 4.79 Å². The lowest BCUT2D eigenvalue weighted by molar-refractivity contribution is -0.158. The minimum absolute atomic E-state index is 0.240. The van der Waals surface area contributed by atoms with E-state index in [1.54, 1.807) is 24.4 Å². The summed E-state index contributed by atoms with van der Waals surface area (Å²) in [6.45, 7) is 10.7. The van der Waals surface area contributed by atoms with Gasteiger partial charge in [-0.2, -0.15) is 0 Å². The Morgan fingerprint density at radius 2 is 1.76 bits per heavy atom. The molecule has 4 N–H and O–H groups in total. The van der Waals surface area contributed by atoms with E-state index in [2.05, 4.69) is 34.4 Å². The summed E-state index contributed by atoms with van der Waals surface area (Å²) in [6.07, 6.45) is 2.32. The zero-order valence-corrected chi connectivity index (χ0v) is 23.5. The van der Waals surface area contributed by atoms with Crippen molar-refractivity contribution in [2.45, 2.75) is 65.8 Å². The number of benzene rings is 2. The van der Waals surface area contributed by atoms with Crippen molar-refractivity contribution in [3.05, 3.63) is 69.8 Å². The third kappa shape index (κ3) is 8.59. The van der Waals surface area contributed by atoms with Crippen LogP contribution in [0.25, 0.3) is 11.3 Å². The van der Waals surface area contributed by atoms with Crippen LogP contribution in [0.5, 0.6) is 0 Å². The molecule has 1 aromatic heterocycles. The van der Waals surface area contributed by atoms with Crippen LogP contribution in [-0.4, -0.2) is 27.6 Å². The largest absolute Gasteiger partial charge is 0.459 e. The number of halogens is 2. The van der Waals surface area contributed by atoms with Crippen molar-refractivity contribution in [2.24, 2.45) is 5.92 Å². The highest BCUT2D eigenvalue weighted by molar-refractivity contribution is 6.36. The molecule has 0 bridgehead atoms. The lowest BCUT2D eigenvalue weighted by Gasteiger charge is -2.25. The number of ether oxygens (including phenoxy) is 1. The van der Waals surface area contributed by atoms with Crippen LogP contribution in [0.4, 0.5) is 11.6 Å². The van der Waals surface area contributed by atoms with E-state index in [1.165, 1.54) is 0 Å². The van der Waals surface area contributed by atoms with Gasteiger partial charge in [-0.15, -0.1) is 0 Å². The van der Waals surface area contributed by atoms with Crippen LogP contribution in [-0.2, 0) is 22.6 Å². The molecule has 198 valence electrons. The van der Waals surface area contributed by atoms with Crippen LogP contribution >= 0.6 is 23.2 Å². The topological polar surface area (TPSA) is 102 Å². The number of hydrogen-bond donors (Lipinski definition) is 3. The second-order valence-corrected chi connectivity index (χ2v) is 11.2. The van der Waals surface area contributed by atoms with E-state index in [4.69, 9.17) is 33.7 Å². The number of carbonyl (C=O) groups excluding carboxylic acids is 1. The Bertz CT molecular complexity index is 1210. The molecule has 3 rings (SSSR count). The SMILES string of the molecule is CC(C)CC(NCc1cccc(-c2cnc(N)c(NCc3c(Cl)cccc3Cl)n2)c1)C(=O)OC(C)(C)C. The molecule has 0 radical (unpaired) electrons. The Morgan fingerprint density at radius 3 is 2.41 bits per heavy atom. The van der Waals surface area contributed by atoms with Crippen LogP contribution in [0.3, 0.4) is 0 Å². The van der Waals surface area contributed by atoms with Crippen LogP contribution in [0, 0.1) is 5.92 Å². The number of hydrogen-bond acceptors (Lipinski definition) is 7. The number of carbonyl (C=O) groups is 1. The second kappa shape index (κ2) is 12.6. The van der Waals surface area contributed by atoms with Crippen molar-refractivity contribution in [1.82, 2.24) is 15.3 Å². The molecule has 3 aromatic rings. The van der Waals surface area contributed by atoms with Gasteiger partial charge in [0.05, 0.1) is 11.9 Å². The number of nitrogens with one attached hydrogen (secondary N) is 2. The van der Waals surface area contributed by atoms with Crippen LogP contribution < -0.4 is 16.4 Å². The summed E-state index contributed by atoms with van der Waals surface area (Å²) >= 11 is 12.6. The summed E-state index contributed by atoms with van der Waals surface area (Å²) in [6, 6.07) is 12.9. The molecule has 37 heavy (non-hydrogen) atoms. The molecule has 0 saturated heterocycles. The average molecular weight is 545 g/mol. The highest BCUT2D eigenvalue weighted by Gasteiger charge is 2.25. The van der Waals surface area contributed by atoms with Gasteiger partial charge in [0.15, 0.2) is 11.6 Å². The molecular formula is C28H35Cl2N5O2. The normalized spacial score (nSPS) is 12.4. The van der Waals surface area contributed by atoms with Gasteiger partial charge in [-0.25, -0.2) is 9.97 Å². The van der Waals surface area contributed by atoms with Gasteiger partial charge in [0.1, 0.15) is 11.6 Å². The van der Waals surface area contributed by atoms with E-state index in [1.807, 2.05) is 45.0 Å². The number of aromatic nitrogens is 2. The number of rotatable bonds is 10. The minimum atomic E-state index is -0.537. The summed E-state index contributed by atoms with van der Waals surface area (Å²) < 4.78 is 5.62. The van der Waals surface area contributed by atoms with E-state index in [-0.39, 0.29) is 11.8 Å². The van der Waals surface area contributed by atoms with Crippen molar-refractivity contribution in [3.8, 4) is 11.3 Å². The molecule has 0 saturated carbocycles. The third-order valence-electron chi connectivity index (χ3n) is 5.47. The zero-order chi connectivity index (χ0) is 27.2. The lowest BCUT2D eigenvalue weighted by Crippen LogP contribution is -2.41. The van der Waals surface area contributed by atoms with Crippen LogP contribution in [0.1, 0.15) is 52.2 Å². The summed E-state index contributed by atoms with van der Waals surface area (Å²) in [5, 5.41) is 7.68. The maximum absolute atomic E-state index is 12.7. The first kappa shape index (κ1) is 28.7. The first-order chi connectivity index (χ1) is 17.4.